The molecule has 2 aromatic rings. The van der Waals surface area contributed by atoms with Crippen LogP contribution in [-0.4, -0.2) is 13.5 Å². The number of sulfonamides is 1. The molecule has 1 aromatic carbocycles. The molecule has 0 fully saturated rings. The van der Waals surface area contributed by atoms with Gasteiger partial charge in [-0.05, 0) is 36.8 Å². The van der Waals surface area contributed by atoms with E-state index in [1.165, 1.54) is 12.1 Å². The van der Waals surface area contributed by atoms with Crippen LogP contribution in [0.15, 0.2) is 45.7 Å². The zero-order valence-corrected chi connectivity index (χ0v) is 11.3. The number of furan rings is 1. The number of aliphatic hydroxyl groups excluding tert-OH is 1. The van der Waals surface area contributed by atoms with Crippen LogP contribution in [0.25, 0.3) is 0 Å². The fourth-order valence-corrected chi connectivity index (χ4v) is 2.70. The summed E-state index contributed by atoms with van der Waals surface area (Å²) in [5.74, 6) is 1.29. The van der Waals surface area contributed by atoms with Crippen molar-refractivity contribution < 1.29 is 17.9 Å². The van der Waals surface area contributed by atoms with E-state index in [0.29, 0.717) is 11.3 Å². The third-order valence-corrected chi connectivity index (χ3v) is 4.02. The van der Waals surface area contributed by atoms with Crippen LogP contribution in [0.4, 0.5) is 0 Å². The average Bonchev–Trinajstić information content (AvgIpc) is 2.82. The third-order valence-electron chi connectivity index (χ3n) is 2.62. The van der Waals surface area contributed by atoms with Crippen molar-refractivity contribution in [3.05, 3.63) is 53.5 Å². The Bertz CT molecular complexity index is 661. The van der Waals surface area contributed by atoms with E-state index in [1.807, 2.05) is 0 Å². The van der Waals surface area contributed by atoms with Crippen molar-refractivity contribution in [1.29, 1.82) is 0 Å². The molecule has 2 N–H and O–H groups in total. The molecule has 0 aliphatic carbocycles. The first-order valence-electron chi connectivity index (χ1n) is 5.76. The molecule has 0 bridgehead atoms. The quantitative estimate of drug-likeness (QED) is 0.871. The van der Waals surface area contributed by atoms with E-state index in [2.05, 4.69) is 4.72 Å². The number of rotatable bonds is 5. The summed E-state index contributed by atoms with van der Waals surface area (Å²) in [5, 5.41) is 9.01. The van der Waals surface area contributed by atoms with E-state index >= 15 is 0 Å². The summed E-state index contributed by atoms with van der Waals surface area (Å²) < 4.78 is 31.8. The smallest absolute Gasteiger partial charge is 0.240 e. The van der Waals surface area contributed by atoms with Crippen molar-refractivity contribution in [2.75, 3.05) is 0 Å². The van der Waals surface area contributed by atoms with Gasteiger partial charge in [0.05, 0.1) is 18.0 Å². The first-order chi connectivity index (χ1) is 9.01. The highest BCUT2D eigenvalue weighted by Gasteiger charge is 2.14. The van der Waals surface area contributed by atoms with Crippen molar-refractivity contribution in [3.63, 3.8) is 0 Å². The lowest BCUT2D eigenvalue weighted by atomic mass is 10.2. The molecule has 19 heavy (non-hydrogen) atoms. The Hall–Kier alpha value is -1.63. The standard InChI is InChI=1S/C13H15NO4S/c1-10-5-6-12(18-10)8-14-19(16,17)13-4-2-3-11(7-13)9-15/h2-7,14-15H,8-9H2,1H3. The Morgan fingerprint density at radius 3 is 2.68 bits per heavy atom. The molecule has 0 radical (unpaired) electrons. The molecule has 102 valence electrons. The lowest BCUT2D eigenvalue weighted by Crippen LogP contribution is -2.23. The molecule has 1 heterocycles. The van der Waals surface area contributed by atoms with Gasteiger partial charge in [0.1, 0.15) is 11.5 Å². The Balaban J connectivity index is 2.13. The van der Waals surface area contributed by atoms with Gasteiger partial charge in [-0.2, -0.15) is 0 Å². The fraction of sp³-hybridized carbons (Fsp3) is 0.231. The molecule has 6 heteroatoms. The van der Waals surface area contributed by atoms with Gasteiger partial charge in [0.25, 0.3) is 0 Å². The van der Waals surface area contributed by atoms with Gasteiger partial charge in [0.15, 0.2) is 0 Å². The highest BCUT2D eigenvalue weighted by molar-refractivity contribution is 7.89. The Morgan fingerprint density at radius 1 is 1.26 bits per heavy atom. The maximum absolute atomic E-state index is 12.0. The van der Waals surface area contributed by atoms with E-state index in [9.17, 15) is 8.42 Å². The van der Waals surface area contributed by atoms with E-state index in [4.69, 9.17) is 9.52 Å². The molecule has 0 atom stereocenters. The summed E-state index contributed by atoms with van der Waals surface area (Å²) in [6, 6.07) is 9.68. The lowest BCUT2D eigenvalue weighted by Gasteiger charge is -2.06. The molecule has 0 saturated carbocycles. The van der Waals surface area contributed by atoms with Crippen LogP contribution >= 0.6 is 0 Å². The maximum atomic E-state index is 12.0. The van der Waals surface area contributed by atoms with Crippen LogP contribution in [0, 0.1) is 6.92 Å². The Labute approximate surface area is 111 Å². The molecule has 0 amide bonds. The van der Waals surface area contributed by atoms with Crippen molar-refractivity contribution in [2.45, 2.75) is 25.0 Å². The minimum absolute atomic E-state index is 0.0968. The fourth-order valence-electron chi connectivity index (χ4n) is 1.64. The van der Waals surface area contributed by atoms with Crippen molar-refractivity contribution >= 4 is 10.0 Å². The van der Waals surface area contributed by atoms with Crippen LogP contribution < -0.4 is 4.72 Å². The highest BCUT2D eigenvalue weighted by atomic mass is 32.2. The normalized spacial score (nSPS) is 11.7. The van der Waals surface area contributed by atoms with Gasteiger partial charge in [0.2, 0.25) is 10.0 Å². The van der Waals surface area contributed by atoms with Crippen LogP contribution in [0.1, 0.15) is 17.1 Å². The molecule has 0 spiro atoms. The summed E-state index contributed by atoms with van der Waals surface area (Å²) in [4.78, 5) is 0.127. The number of benzene rings is 1. The number of nitrogens with one attached hydrogen (secondary N) is 1. The first kappa shape index (κ1) is 13.8. The van der Waals surface area contributed by atoms with E-state index in [1.54, 1.807) is 31.2 Å². The number of aliphatic hydroxyl groups is 1. The number of hydrogen-bond donors (Lipinski definition) is 2. The lowest BCUT2D eigenvalue weighted by molar-refractivity contribution is 0.281. The first-order valence-corrected chi connectivity index (χ1v) is 7.24. The minimum atomic E-state index is -3.60. The van der Waals surface area contributed by atoms with Gasteiger partial charge < -0.3 is 9.52 Å². The summed E-state index contributed by atoms with van der Waals surface area (Å²) in [6.07, 6.45) is 0. The molecule has 5 nitrogen and oxygen atoms in total. The SMILES string of the molecule is Cc1ccc(CNS(=O)(=O)c2cccc(CO)c2)o1. The van der Waals surface area contributed by atoms with E-state index in [0.717, 1.165) is 5.76 Å². The second-order valence-electron chi connectivity index (χ2n) is 4.14. The average molecular weight is 281 g/mol. The van der Waals surface area contributed by atoms with Gasteiger partial charge in [0, 0.05) is 0 Å². The van der Waals surface area contributed by atoms with Crippen molar-refractivity contribution in [1.82, 2.24) is 4.72 Å². The number of aryl methyl sites for hydroxylation is 1. The predicted molar refractivity (Wildman–Crippen MR) is 69.8 cm³/mol. The topological polar surface area (TPSA) is 79.5 Å². The van der Waals surface area contributed by atoms with Crippen molar-refractivity contribution in [2.24, 2.45) is 0 Å². The van der Waals surface area contributed by atoms with Crippen LogP contribution in [0.2, 0.25) is 0 Å². The monoisotopic (exact) mass is 281 g/mol. The van der Waals surface area contributed by atoms with E-state index < -0.39 is 10.0 Å². The van der Waals surface area contributed by atoms with Crippen LogP contribution in [0.3, 0.4) is 0 Å². The number of hydrogen-bond acceptors (Lipinski definition) is 4. The molecular formula is C13H15NO4S. The van der Waals surface area contributed by atoms with Gasteiger partial charge in [-0.1, -0.05) is 12.1 Å². The summed E-state index contributed by atoms with van der Waals surface area (Å²) in [7, 11) is -3.60. The molecular weight excluding hydrogens is 266 g/mol. The summed E-state index contributed by atoms with van der Waals surface area (Å²) >= 11 is 0. The summed E-state index contributed by atoms with van der Waals surface area (Å²) in [6.45, 7) is 1.70. The van der Waals surface area contributed by atoms with Crippen molar-refractivity contribution in [3.8, 4) is 0 Å². The van der Waals surface area contributed by atoms with Gasteiger partial charge in [-0.25, -0.2) is 13.1 Å². The summed E-state index contributed by atoms with van der Waals surface area (Å²) in [5.41, 5.74) is 0.553. The van der Waals surface area contributed by atoms with Gasteiger partial charge in [-0.15, -0.1) is 0 Å². The minimum Gasteiger partial charge on any atom is -0.465 e. The third kappa shape index (κ3) is 3.44. The molecule has 1 aromatic heterocycles. The Morgan fingerprint density at radius 2 is 2.05 bits per heavy atom. The second-order valence-corrected chi connectivity index (χ2v) is 5.91. The zero-order chi connectivity index (χ0) is 13.9. The predicted octanol–water partition coefficient (Wildman–Crippen LogP) is 1.56. The second kappa shape index (κ2) is 5.56. The molecule has 0 unspecified atom stereocenters. The van der Waals surface area contributed by atoms with Crippen LogP contribution in [-0.2, 0) is 23.2 Å². The molecule has 0 aliphatic rings. The van der Waals surface area contributed by atoms with Gasteiger partial charge >= 0.3 is 0 Å². The molecule has 0 saturated heterocycles. The maximum Gasteiger partial charge on any atom is 0.240 e. The van der Waals surface area contributed by atoms with Gasteiger partial charge in [-0.3, -0.25) is 0 Å². The molecule has 2 rings (SSSR count). The van der Waals surface area contributed by atoms with E-state index in [-0.39, 0.29) is 18.0 Å². The molecule has 0 aliphatic heterocycles. The zero-order valence-electron chi connectivity index (χ0n) is 10.5. The van der Waals surface area contributed by atoms with Crippen LogP contribution in [0.5, 0.6) is 0 Å². The largest absolute Gasteiger partial charge is 0.465 e. The Kier molecular flexibility index (Phi) is 4.04. The highest BCUT2D eigenvalue weighted by Crippen LogP contribution is 2.13.